The molecule has 0 saturated heterocycles. The zero-order valence-corrected chi connectivity index (χ0v) is 11.8. The third-order valence-electron chi connectivity index (χ3n) is 3.45. The zero-order chi connectivity index (χ0) is 14.7. The zero-order valence-electron chi connectivity index (χ0n) is 11.8. The molecule has 0 bridgehead atoms. The van der Waals surface area contributed by atoms with Gasteiger partial charge in [0.15, 0.2) is 0 Å². The first-order valence-electron chi connectivity index (χ1n) is 6.83. The van der Waals surface area contributed by atoms with Crippen molar-refractivity contribution < 1.29 is 4.79 Å². The molecule has 1 heterocycles. The van der Waals surface area contributed by atoms with E-state index in [1.807, 2.05) is 83.7 Å². The predicted octanol–water partition coefficient (Wildman–Crippen LogP) is 3.75. The van der Waals surface area contributed by atoms with E-state index in [1.54, 1.807) is 11.9 Å². The van der Waals surface area contributed by atoms with Crippen LogP contribution in [0.4, 0.5) is 5.69 Å². The van der Waals surface area contributed by atoms with Gasteiger partial charge in [-0.25, -0.2) is 0 Å². The van der Waals surface area contributed by atoms with Gasteiger partial charge in [-0.15, -0.1) is 0 Å². The molecule has 3 rings (SSSR count). The van der Waals surface area contributed by atoms with Crippen LogP contribution in [-0.2, 0) is 0 Å². The van der Waals surface area contributed by atoms with Crippen LogP contribution in [0.25, 0.3) is 5.69 Å². The molecule has 3 heteroatoms. The first kappa shape index (κ1) is 13.2. The summed E-state index contributed by atoms with van der Waals surface area (Å²) in [5, 5.41) is 0. The number of hydrogen-bond donors (Lipinski definition) is 0. The van der Waals surface area contributed by atoms with Crippen LogP contribution < -0.4 is 4.90 Å². The molecule has 0 unspecified atom stereocenters. The van der Waals surface area contributed by atoms with E-state index in [2.05, 4.69) is 0 Å². The fourth-order valence-corrected chi connectivity index (χ4v) is 2.35. The van der Waals surface area contributed by atoms with E-state index < -0.39 is 0 Å². The summed E-state index contributed by atoms with van der Waals surface area (Å²) in [6, 6.07) is 21.1. The molecule has 1 amide bonds. The Kier molecular flexibility index (Phi) is 3.56. The van der Waals surface area contributed by atoms with Gasteiger partial charge in [-0.3, -0.25) is 4.79 Å². The Bertz CT molecular complexity index is 733. The molecule has 104 valence electrons. The lowest BCUT2D eigenvalue weighted by Crippen LogP contribution is -2.27. The monoisotopic (exact) mass is 276 g/mol. The van der Waals surface area contributed by atoms with Gasteiger partial charge in [0.25, 0.3) is 5.91 Å². The summed E-state index contributed by atoms with van der Waals surface area (Å²) >= 11 is 0. The molecule has 21 heavy (non-hydrogen) atoms. The van der Waals surface area contributed by atoms with E-state index in [0.29, 0.717) is 5.56 Å². The number of carbonyl (C=O) groups excluding carboxylic acids is 1. The summed E-state index contributed by atoms with van der Waals surface area (Å²) in [4.78, 5) is 14.3. The van der Waals surface area contributed by atoms with Crippen molar-refractivity contribution in [3.8, 4) is 5.69 Å². The summed E-state index contributed by atoms with van der Waals surface area (Å²) in [7, 11) is 1.80. The summed E-state index contributed by atoms with van der Waals surface area (Å²) in [6.07, 6.45) is 3.94. The highest BCUT2D eigenvalue weighted by Crippen LogP contribution is 2.24. The number of aromatic nitrogens is 1. The fraction of sp³-hybridized carbons (Fsp3) is 0.0556. The van der Waals surface area contributed by atoms with Crippen molar-refractivity contribution in [2.45, 2.75) is 0 Å². The second kappa shape index (κ2) is 5.67. The minimum atomic E-state index is -0.0183. The maximum absolute atomic E-state index is 12.6. The normalized spacial score (nSPS) is 10.3. The number of benzene rings is 2. The maximum atomic E-state index is 12.6. The summed E-state index contributed by atoms with van der Waals surface area (Å²) in [5.41, 5.74) is 2.54. The fourth-order valence-electron chi connectivity index (χ4n) is 2.35. The predicted molar refractivity (Wildman–Crippen MR) is 84.9 cm³/mol. The molecule has 3 nitrogen and oxygen atoms in total. The van der Waals surface area contributed by atoms with E-state index in [1.165, 1.54) is 0 Å². The quantitative estimate of drug-likeness (QED) is 0.715. The highest BCUT2D eigenvalue weighted by atomic mass is 16.2. The highest BCUT2D eigenvalue weighted by molar-refractivity contribution is 6.06. The molecular weight excluding hydrogens is 260 g/mol. The Morgan fingerprint density at radius 2 is 1.48 bits per heavy atom. The van der Waals surface area contributed by atoms with E-state index >= 15 is 0 Å². The Hall–Kier alpha value is -2.81. The van der Waals surface area contributed by atoms with Crippen LogP contribution in [0.15, 0.2) is 79.1 Å². The number of nitrogens with zero attached hydrogens (tertiary/aromatic N) is 2. The first-order chi connectivity index (χ1) is 10.3. The lowest BCUT2D eigenvalue weighted by molar-refractivity contribution is 0.0993. The van der Waals surface area contributed by atoms with Crippen molar-refractivity contribution in [2.75, 3.05) is 11.9 Å². The van der Waals surface area contributed by atoms with E-state index in [9.17, 15) is 4.79 Å². The van der Waals surface area contributed by atoms with Crippen molar-refractivity contribution in [2.24, 2.45) is 0 Å². The van der Waals surface area contributed by atoms with Gasteiger partial charge in [0, 0.05) is 25.0 Å². The van der Waals surface area contributed by atoms with Crippen LogP contribution in [0.5, 0.6) is 0 Å². The minimum Gasteiger partial charge on any atom is -0.322 e. The number of para-hydroxylation sites is 2. The smallest absolute Gasteiger partial charge is 0.258 e. The topological polar surface area (TPSA) is 25.2 Å². The van der Waals surface area contributed by atoms with Gasteiger partial charge in [-0.05, 0) is 36.4 Å². The molecule has 0 aliphatic carbocycles. The molecule has 1 aromatic heterocycles. The van der Waals surface area contributed by atoms with Crippen LogP contribution in [0.1, 0.15) is 10.4 Å². The molecule has 0 spiro atoms. The van der Waals surface area contributed by atoms with Gasteiger partial charge in [0.1, 0.15) is 0 Å². The number of amides is 1. The van der Waals surface area contributed by atoms with Gasteiger partial charge in [-0.2, -0.15) is 0 Å². The maximum Gasteiger partial charge on any atom is 0.258 e. The molecule has 2 aromatic carbocycles. The lowest BCUT2D eigenvalue weighted by atomic mass is 10.1. The van der Waals surface area contributed by atoms with Crippen LogP contribution in [-0.4, -0.2) is 17.5 Å². The summed E-state index contributed by atoms with van der Waals surface area (Å²) in [5.74, 6) is -0.0183. The van der Waals surface area contributed by atoms with E-state index in [0.717, 1.165) is 11.4 Å². The highest BCUT2D eigenvalue weighted by Gasteiger charge is 2.16. The van der Waals surface area contributed by atoms with Crippen molar-refractivity contribution in [1.82, 2.24) is 4.57 Å². The van der Waals surface area contributed by atoms with Crippen molar-refractivity contribution in [3.63, 3.8) is 0 Å². The largest absolute Gasteiger partial charge is 0.322 e. The Balaban J connectivity index is 1.99. The van der Waals surface area contributed by atoms with Crippen molar-refractivity contribution in [1.29, 1.82) is 0 Å². The average molecular weight is 276 g/mol. The molecule has 0 aliphatic rings. The molecule has 3 aromatic rings. The van der Waals surface area contributed by atoms with Gasteiger partial charge < -0.3 is 9.47 Å². The van der Waals surface area contributed by atoms with E-state index in [4.69, 9.17) is 0 Å². The molecule has 0 N–H and O–H groups in total. The molecule has 0 fully saturated rings. The molecule has 0 aliphatic heterocycles. The SMILES string of the molecule is CN(C(=O)c1ccccc1)c1ccccc1-n1cccc1. The molecule has 0 atom stereocenters. The molecular formula is C18H16N2O. The van der Waals surface area contributed by atoms with Gasteiger partial charge >= 0.3 is 0 Å². The number of hydrogen-bond acceptors (Lipinski definition) is 1. The number of anilines is 1. The molecule has 0 saturated carbocycles. The second-order valence-electron chi connectivity index (χ2n) is 4.81. The van der Waals surface area contributed by atoms with Crippen LogP contribution in [0.3, 0.4) is 0 Å². The molecule has 0 radical (unpaired) electrons. The third kappa shape index (κ3) is 2.58. The first-order valence-corrected chi connectivity index (χ1v) is 6.83. The van der Waals surface area contributed by atoms with Gasteiger partial charge in [0.05, 0.1) is 11.4 Å². The van der Waals surface area contributed by atoms with Gasteiger partial charge in [0.2, 0.25) is 0 Å². The van der Waals surface area contributed by atoms with Crippen LogP contribution >= 0.6 is 0 Å². The van der Waals surface area contributed by atoms with E-state index in [-0.39, 0.29) is 5.91 Å². The Morgan fingerprint density at radius 3 is 2.19 bits per heavy atom. The number of carbonyl (C=O) groups is 1. The Morgan fingerprint density at radius 1 is 0.857 bits per heavy atom. The van der Waals surface area contributed by atoms with Gasteiger partial charge in [-0.1, -0.05) is 30.3 Å². The lowest BCUT2D eigenvalue weighted by Gasteiger charge is -2.21. The standard InChI is InChI=1S/C18H16N2O/c1-19(18(21)15-9-3-2-4-10-15)16-11-5-6-12-17(16)20-13-7-8-14-20/h2-14H,1H3. The summed E-state index contributed by atoms with van der Waals surface area (Å²) < 4.78 is 2.00. The Labute approximate surface area is 124 Å². The third-order valence-corrected chi connectivity index (χ3v) is 3.45. The average Bonchev–Trinajstić information content (AvgIpc) is 3.08. The van der Waals surface area contributed by atoms with Crippen molar-refractivity contribution >= 4 is 11.6 Å². The summed E-state index contributed by atoms with van der Waals surface area (Å²) in [6.45, 7) is 0. The number of rotatable bonds is 3. The van der Waals surface area contributed by atoms with Crippen LogP contribution in [0, 0.1) is 0 Å². The second-order valence-corrected chi connectivity index (χ2v) is 4.81. The van der Waals surface area contributed by atoms with Crippen molar-refractivity contribution in [3.05, 3.63) is 84.7 Å². The minimum absolute atomic E-state index is 0.0183. The van der Waals surface area contributed by atoms with Crippen LogP contribution in [0.2, 0.25) is 0 Å².